The fraction of sp³-hybridized carbons (Fsp3) is 0.412. The minimum Gasteiger partial charge on any atom is -0.347 e. The van der Waals surface area contributed by atoms with Gasteiger partial charge < -0.3 is 5.32 Å². The van der Waals surface area contributed by atoms with Gasteiger partial charge in [-0.2, -0.15) is 4.31 Å². The summed E-state index contributed by atoms with van der Waals surface area (Å²) in [4.78, 5) is 16.8. The van der Waals surface area contributed by atoms with Crippen LogP contribution in [0.15, 0.2) is 34.4 Å². The number of carbonyl (C=O) groups is 1. The number of sulfonamides is 1. The van der Waals surface area contributed by atoms with Crippen LogP contribution in [-0.2, 0) is 14.8 Å². The van der Waals surface area contributed by atoms with Crippen molar-refractivity contribution in [2.24, 2.45) is 0 Å². The first-order valence-electron chi connectivity index (χ1n) is 8.21. The Bertz CT molecular complexity index is 922. The van der Waals surface area contributed by atoms with Gasteiger partial charge in [0.1, 0.15) is 4.21 Å². The molecule has 9 heteroatoms. The molecule has 0 bridgehead atoms. The lowest BCUT2D eigenvalue weighted by atomic mass is 9.90. The van der Waals surface area contributed by atoms with Crippen LogP contribution in [0, 0.1) is 6.92 Å². The van der Waals surface area contributed by atoms with E-state index < -0.39 is 15.6 Å². The number of hydrogen-bond donors (Lipinski definition) is 1. The van der Waals surface area contributed by atoms with Gasteiger partial charge >= 0.3 is 0 Å². The van der Waals surface area contributed by atoms with Crippen molar-refractivity contribution in [3.8, 4) is 10.6 Å². The molecule has 1 amide bonds. The summed E-state index contributed by atoms with van der Waals surface area (Å²) in [5, 5.41) is 5.79. The van der Waals surface area contributed by atoms with E-state index in [4.69, 9.17) is 0 Å². The molecule has 1 fully saturated rings. The predicted octanol–water partition coefficient (Wildman–Crippen LogP) is 3.03. The van der Waals surface area contributed by atoms with Crippen LogP contribution in [0.4, 0.5) is 0 Å². The molecule has 26 heavy (non-hydrogen) atoms. The molecule has 0 spiro atoms. The molecule has 6 nitrogen and oxygen atoms in total. The third-order valence-electron chi connectivity index (χ3n) is 4.48. The van der Waals surface area contributed by atoms with Gasteiger partial charge in [0.15, 0.2) is 0 Å². The average molecular weight is 412 g/mol. The van der Waals surface area contributed by atoms with E-state index in [0.29, 0.717) is 30.1 Å². The van der Waals surface area contributed by atoms with Crippen LogP contribution in [0.5, 0.6) is 0 Å². The number of aromatic nitrogens is 1. The highest BCUT2D eigenvalue weighted by atomic mass is 32.2. The smallest absolute Gasteiger partial charge is 0.252 e. The zero-order chi connectivity index (χ0) is 18.9. The number of nitrogens with zero attached hydrogens (tertiary/aromatic N) is 2. The molecule has 0 unspecified atom stereocenters. The van der Waals surface area contributed by atoms with Gasteiger partial charge in [-0.1, -0.05) is 6.58 Å². The number of nitrogens with one attached hydrogen (secondary N) is 1. The molecule has 1 aliphatic rings. The Morgan fingerprint density at radius 3 is 2.65 bits per heavy atom. The maximum atomic E-state index is 12.9. The van der Waals surface area contributed by atoms with Gasteiger partial charge in [-0.25, -0.2) is 13.4 Å². The van der Waals surface area contributed by atoms with Crippen molar-refractivity contribution in [1.29, 1.82) is 0 Å². The van der Waals surface area contributed by atoms with Crippen LogP contribution >= 0.6 is 22.7 Å². The summed E-state index contributed by atoms with van der Waals surface area (Å²) >= 11 is 2.79. The van der Waals surface area contributed by atoms with Crippen molar-refractivity contribution >= 4 is 38.6 Å². The Kier molecular flexibility index (Phi) is 5.34. The van der Waals surface area contributed by atoms with E-state index >= 15 is 0 Å². The van der Waals surface area contributed by atoms with Crippen LogP contribution in [0.1, 0.15) is 24.8 Å². The number of amides is 1. The molecule has 0 aliphatic carbocycles. The molecule has 1 saturated heterocycles. The Morgan fingerprint density at radius 1 is 1.38 bits per heavy atom. The molecule has 1 N–H and O–H groups in total. The third kappa shape index (κ3) is 3.90. The van der Waals surface area contributed by atoms with E-state index in [9.17, 15) is 13.2 Å². The molecule has 0 saturated carbocycles. The van der Waals surface area contributed by atoms with E-state index in [1.165, 1.54) is 21.7 Å². The highest BCUT2D eigenvalue weighted by Crippen LogP contribution is 2.34. The number of thiazole rings is 1. The summed E-state index contributed by atoms with van der Waals surface area (Å²) in [6, 6.07) is 3.46. The molecule has 3 heterocycles. The van der Waals surface area contributed by atoms with E-state index in [0.717, 1.165) is 15.6 Å². The Morgan fingerprint density at radius 2 is 2.08 bits per heavy atom. The minimum absolute atomic E-state index is 0.231. The third-order valence-corrected chi connectivity index (χ3v) is 8.73. The first-order chi connectivity index (χ1) is 12.2. The van der Waals surface area contributed by atoms with Crippen molar-refractivity contribution in [3.05, 3.63) is 35.2 Å². The first kappa shape index (κ1) is 19.2. The molecule has 1 aliphatic heterocycles. The summed E-state index contributed by atoms with van der Waals surface area (Å²) in [5.41, 5.74) is 0.410. The zero-order valence-electron chi connectivity index (χ0n) is 14.7. The zero-order valence-corrected chi connectivity index (χ0v) is 17.1. The molecule has 2 aromatic heterocycles. The summed E-state index contributed by atoms with van der Waals surface area (Å²) in [5.74, 6) is -0.231. The topological polar surface area (TPSA) is 79.4 Å². The molecular formula is C17H21N3O3S3. The fourth-order valence-electron chi connectivity index (χ4n) is 2.89. The number of aryl methyl sites for hydroxylation is 1. The van der Waals surface area contributed by atoms with E-state index in [2.05, 4.69) is 16.9 Å². The van der Waals surface area contributed by atoms with Crippen LogP contribution < -0.4 is 5.32 Å². The maximum absolute atomic E-state index is 12.9. The van der Waals surface area contributed by atoms with Gasteiger partial charge in [-0.05, 0) is 44.9 Å². The Balaban J connectivity index is 1.73. The highest BCUT2D eigenvalue weighted by Gasteiger charge is 2.36. The van der Waals surface area contributed by atoms with Gasteiger partial charge in [-0.15, -0.1) is 22.7 Å². The van der Waals surface area contributed by atoms with Crippen molar-refractivity contribution in [2.45, 2.75) is 36.4 Å². The standard InChI is InChI=1S/C17H21N3O3S3/c1-4-15(21)19-17(3)7-9-20(10-8-17)26(22,23)16-6-5-14(25-16)13-11-24-12(2)18-13/h4-6,11H,1,7-10H2,2-3H3,(H,19,21). The van der Waals surface area contributed by atoms with Crippen molar-refractivity contribution in [1.82, 2.24) is 14.6 Å². The van der Waals surface area contributed by atoms with Gasteiger partial charge in [-0.3, -0.25) is 4.79 Å². The maximum Gasteiger partial charge on any atom is 0.252 e. The van der Waals surface area contributed by atoms with Crippen LogP contribution in [0.25, 0.3) is 10.6 Å². The summed E-state index contributed by atoms with van der Waals surface area (Å²) < 4.78 is 27.7. The van der Waals surface area contributed by atoms with E-state index in [1.807, 2.05) is 25.3 Å². The Hall–Kier alpha value is -1.55. The molecule has 0 aromatic carbocycles. The second-order valence-electron chi connectivity index (χ2n) is 6.53. The second kappa shape index (κ2) is 7.22. The van der Waals surface area contributed by atoms with Crippen LogP contribution in [-0.4, -0.2) is 42.2 Å². The highest BCUT2D eigenvalue weighted by molar-refractivity contribution is 7.91. The molecule has 0 radical (unpaired) electrons. The lowest BCUT2D eigenvalue weighted by Crippen LogP contribution is -2.53. The van der Waals surface area contributed by atoms with Crippen LogP contribution in [0.2, 0.25) is 0 Å². The van der Waals surface area contributed by atoms with Crippen molar-refractivity contribution < 1.29 is 13.2 Å². The lowest BCUT2D eigenvalue weighted by molar-refractivity contribution is -0.118. The van der Waals surface area contributed by atoms with E-state index in [-0.39, 0.29) is 5.91 Å². The van der Waals surface area contributed by atoms with Crippen LogP contribution in [0.3, 0.4) is 0 Å². The molecular weight excluding hydrogens is 390 g/mol. The van der Waals surface area contributed by atoms with Crippen molar-refractivity contribution in [3.63, 3.8) is 0 Å². The lowest BCUT2D eigenvalue weighted by Gasteiger charge is -2.38. The SMILES string of the molecule is C=CC(=O)NC1(C)CCN(S(=O)(=O)c2ccc(-c3csc(C)n3)s2)CC1. The number of carbonyl (C=O) groups excluding carboxylic acids is 1. The minimum atomic E-state index is -3.53. The fourth-order valence-corrected chi connectivity index (χ4v) is 6.44. The first-order valence-corrected chi connectivity index (χ1v) is 11.3. The Labute approximate surface area is 161 Å². The average Bonchev–Trinajstić information content (AvgIpc) is 3.24. The largest absolute Gasteiger partial charge is 0.347 e. The molecule has 0 atom stereocenters. The molecule has 140 valence electrons. The van der Waals surface area contributed by atoms with Gasteiger partial charge in [0.2, 0.25) is 5.91 Å². The summed E-state index contributed by atoms with van der Waals surface area (Å²) in [7, 11) is -3.53. The second-order valence-corrected chi connectivity index (χ2v) is 10.8. The molecule has 3 rings (SSSR count). The normalized spacial score (nSPS) is 17.8. The number of piperidine rings is 1. The monoisotopic (exact) mass is 411 g/mol. The van der Waals surface area contributed by atoms with Crippen molar-refractivity contribution in [2.75, 3.05) is 13.1 Å². The quantitative estimate of drug-likeness (QED) is 0.767. The summed E-state index contributed by atoms with van der Waals surface area (Å²) in [6.07, 6.45) is 2.37. The van der Waals surface area contributed by atoms with E-state index in [1.54, 1.807) is 17.4 Å². The number of rotatable bonds is 5. The van der Waals surface area contributed by atoms with Gasteiger partial charge in [0.05, 0.1) is 15.6 Å². The number of hydrogen-bond acceptors (Lipinski definition) is 6. The predicted molar refractivity (Wildman–Crippen MR) is 105 cm³/mol. The molecule has 2 aromatic rings. The number of thiophene rings is 1. The van der Waals surface area contributed by atoms with Gasteiger partial charge in [0, 0.05) is 24.0 Å². The summed E-state index contributed by atoms with van der Waals surface area (Å²) in [6.45, 7) is 8.07. The van der Waals surface area contributed by atoms with Gasteiger partial charge in [0.25, 0.3) is 10.0 Å².